The second-order valence-electron chi connectivity index (χ2n) is 6.23. The van der Waals surface area contributed by atoms with Gasteiger partial charge < -0.3 is 10.6 Å². The first kappa shape index (κ1) is 11.9. The summed E-state index contributed by atoms with van der Waals surface area (Å²) in [6, 6.07) is 0.438. The highest BCUT2D eigenvalue weighted by Gasteiger charge is 2.28. The fraction of sp³-hybridized carbons (Fsp3) is 0.923. The van der Waals surface area contributed by atoms with E-state index >= 15 is 0 Å². The molecule has 0 atom stereocenters. The van der Waals surface area contributed by atoms with Gasteiger partial charge in [-0.05, 0) is 50.1 Å². The van der Waals surface area contributed by atoms with Crippen LogP contribution in [0.5, 0.6) is 0 Å². The van der Waals surface area contributed by atoms with Gasteiger partial charge in [-0.25, -0.2) is 0 Å². The maximum Gasteiger partial charge on any atom is 0.220 e. The van der Waals surface area contributed by atoms with Crippen LogP contribution in [0.2, 0.25) is 0 Å². The molecule has 0 bridgehead atoms. The first-order valence-corrected chi connectivity index (χ1v) is 6.55. The van der Waals surface area contributed by atoms with Gasteiger partial charge in [0.2, 0.25) is 5.91 Å². The Morgan fingerprint density at radius 3 is 2.44 bits per heavy atom. The van der Waals surface area contributed by atoms with Crippen molar-refractivity contribution in [2.75, 3.05) is 13.1 Å². The zero-order chi connectivity index (χ0) is 11.6. The summed E-state index contributed by atoms with van der Waals surface area (Å²) in [6.07, 6.45) is 5.50. The van der Waals surface area contributed by atoms with Crippen molar-refractivity contribution in [2.45, 2.75) is 52.0 Å². The number of carbonyl (C=O) groups excluding carboxylic acids is 1. The highest BCUT2D eigenvalue weighted by atomic mass is 16.1. The number of hydrogen-bond donors (Lipinski definition) is 2. The van der Waals surface area contributed by atoms with Crippen molar-refractivity contribution in [1.29, 1.82) is 0 Å². The highest BCUT2D eigenvalue weighted by molar-refractivity contribution is 5.76. The lowest BCUT2D eigenvalue weighted by Crippen LogP contribution is -2.46. The van der Waals surface area contributed by atoms with Gasteiger partial charge in [-0.15, -0.1) is 0 Å². The number of nitrogens with one attached hydrogen (secondary N) is 2. The molecule has 1 amide bonds. The molecule has 2 rings (SSSR count). The zero-order valence-electron chi connectivity index (χ0n) is 10.5. The third kappa shape index (κ3) is 3.21. The van der Waals surface area contributed by atoms with Crippen LogP contribution in [-0.2, 0) is 4.79 Å². The lowest BCUT2D eigenvalue weighted by atomic mass is 9.75. The normalized spacial score (nSPS) is 26.1. The molecule has 0 radical (unpaired) electrons. The summed E-state index contributed by atoms with van der Waals surface area (Å²) in [5, 5.41) is 6.39. The van der Waals surface area contributed by atoms with Gasteiger partial charge in [0.15, 0.2) is 0 Å². The van der Waals surface area contributed by atoms with E-state index in [0.29, 0.717) is 23.8 Å². The van der Waals surface area contributed by atoms with Crippen molar-refractivity contribution in [3.8, 4) is 0 Å². The fourth-order valence-electron chi connectivity index (χ4n) is 2.59. The minimum atomic E-state index is 0.260. The average Bonchev–Trinajstić information content (AvgIpc) is 2.15. The molecule has 1 aliphatic heterocycles. The zero-order valence-corrected chi connectivity index (χ0v) is 10.5. The molecule has 2 fully saturated rings. The maximum absolute atomic E-state index is 11.7. The summed E-state index contributed by atoms with van der Waals surface area (Å²) < 4.78 is 0. The average molecular weight is 224 g/mol. The molecular weight excluding hydrogens is 200 g/mol. The number of carbonyl (C=O) groups is 1. The lowest BCUT2D eigenvalue weighted by Gasteiger charge is -2.35. The molecule has 0 aromatic heterocycles. The van der Waals surface area contributed by atoms with Gasteiger partial charge in [-0.1, -0.05) is 13.8 Å². The van der Waals surface area contributed by atoms with Crippen LogP contribution in [0.3, 0.4) is 0 Å². The molecule has 0 aromatic carbocycles. The molecule has 1 aliphatic carbocycles. The minimum Gasteiger partial charge on any atom is -0.353 e. The van der Waals surface area contributed by atoms with E-state index in [9.17, 15) is 4.79 Å². The number of amides is 1. The van der Waals surface area contributed by atoms with Crippen molar-refractivity contribution in [2.24, 2.45) is 11.3 Å². The minimum absolute atomic E-state index is 0.260. The molecule has 0 unspecified atom stereocenters. The largest absolute Gasteiger partial charge is 0.353 e. The Hall–Kier alpha value is -0.570. The van der Waals surface area contributed by atoms with Gasteiger partial charge in [0.25, 0.3) is 0 Å². The van der Waals surface area contributed by atoms with Gasteiger partial charge in [-0.3, -0.25) is 4.79 Å². The molecule has 1 saturated heterocycles. The van der Waals surface area contributed by atoms with E-state index in [0.717, 1.165) is 25.9 Å². The first-order valence-electron chi connectivity index (χ1n) is 6.55. The Labute approximate surface area is 98.4 Å². The summed E-state index contributed by atoms with van der Waals surface area (Å²) >= 11 is 0. The molecule has 2 aliphatic rings. The van der Waals surface area contributed by atoms with Crippen LogP contribution >= 0.6 is 0 Å². The molecule has 0 spiro atoms. The molecule has 0 aromatic rings. The van der Waals surface area contributed by atoms with Crippen molar-refractivity contribution >= 4 is 5.91 Å². The summed E-state index contributed by atoms with van der Waals surface area (Å²) in [7, 11) is 0. The second kappa shape index (κ2) is 4.74. The van der Waals surface area contributed by atoms with Crippen LogP contribution in [0.4, 0.5) is 0 Å². The molecule has 92 valence electrons. The molecule has 1 heterocycles. The van der Waals surface area contributed by atoms with Crippen LogP contribution in [0.1, 0.15) is 46.0 Å². The van der Waals surface area contributed by atoms with E-state index in [4.69, 9.17) is 0 Å². The van der Waals surface area contributed by atoms with Crippen LogP contribution in [0.15, 0.2) is 0 Å². The summed E-state index contributed by atoms with van der Waals surface area (Å²) in [5.41, 5.74) is 0.485. The topological polar surface area (TPSA) is 41.1 Å². The van der Waals surface area contributed by atoms with E-state index < -0.39 is 0 Å². The molecule has 3 nitrogen and oxygen atoms in total. The van der Waals surface area contributed by atoms with Crippen LogP contribution in [0, 0.1) is 11.3 Å². The van der Waals surface area contributed by atoms with E-state index in [1.165, 1.54) is 12.8 Å². The predicted octanol–water partition coefficient (Wildman–Crippen LogP) is 1.68. The van der Waals surface area contributed by atoms with Crippen molar-refractivity contribution in [3.05, 3.63) is 0 Å². The predicted molar refractivity (Wildman–Crippen MR) is 65.2 cm³/mol. The highest BCUT2D eigenvalue weighted by Crippen LogP contribution is 2.35. The third-order valence-electron chi connectivity index (χ3n) is 4.04. The van der Waals surface area contributed by atoms with Crippen molar-refractivity contribution < 1.29 is 4.79 Å². The first-order chi connectivity index (χ1) is 7.55. The van der Waals surface area contributed by atoms with Gasteiger partial charge >= 0.3 is 0 Å². The van der Waals surface area contributed by atoms with Crippen LogP contribution in [-0.4, -0.2) is 25.0 Å². The monoisotopic (exact) mass is 224 g/mol. The van der Waals surface area contributed by atoms with Crippen molar-refractivity contribution in [3.63, 3.8) is 0 Å². The van der Waals surface area contributed by atoms with Gasteiger partial charge in [0, 0.05) is 12.5 Å². The Bertz CT molecular complexity index is 249. The summed E-state index contributed by atoms with van der Waals surface area (Å²) in [4.78, 5) is 11.7. The molecular formula is C13H24N2O. The van der Waals surface area contributed by atoms with Gasteiger partial charge in [0.1, 0.15) is 0 Å². The number of hydrogen-bond acceptors (Lipinski definition) is 2. The third-order valence-corrected chi connectivity index (χ3v) is 4.04. The summed E-state index contributed by atoms with van der Waals surface area (Å²) in [5.74, 6) is 0.844. The van der Waals surface area contributed by atoms with E-state index in [-0.39, 0.29) is 5.91 Å². The Morgan fingerprint density at radius 2 is 1.94 bits per heavy atom. The SMILES string of the molecule is CC1(C)CCC(NC(=O)CC2CNC2)CC1. The second-order valence-corrected chi connectivity index (χ2v) is 6.23. The quantitative estimate of drug-likeness (QED) is 0.766. The van der Waals surface area contributed by atoms with Gasteiger partial charge in [0.05, 0.1) is 0 Å². The van der Waals surface area contributed by atoms with E-state index in [1.54, 1.807) is 0 Å². The fourth-order valence-corrected chi connectivity index (χ4v) is 2.59. The Balaban J connectivity index is 1.67. The maximum atomic E-state index is 11.7. The number of rotatable bonds is 3. The van der Waals surface area contributed by atoms with Crippen LogP contribution < -0.4 is 10.6 Å². The smallest absolute Gasteiger partial charge is 0.220 e. The molecule has 16 heavy (non-hydrogen) atoms. The molecule has 3 heteroatoms. The van der Waals surface area contributed by atoms with Crippen molar-refractivity contribution in [1.82, 2.24) is 10.6 Å². The van der Waals surface area contributed by atoms with E-state index in [2.05, 4.69) is 24.5 Å². The lowest BCUT2D eigenvalue weighted by molar-refractivity contribution is -0.123. The Morgan fingerprint density at radius 1 is 1.31 bits per heavy atom. The van der Waals surface area contributed by atoms with Gasteiger partial charge in [-0.2, -0.15) is 0 Å². The standard InChI is InChI=1S/C13H24N2O/c1-13(2)5-3-11(4-6-13)15-12(16)7-10-8-14-9-10/h10-11,14H,3-9H2,1-2H3,(H,15,16). The molecule has 2 N–H and O–H groups in total. The summed E-state index contributed by atoms with van der Waals surface area (Å²) in [6.45, 7) is 6.69. The van der Waals surface area contributed by atoms with Crippen LogP contribution in [0.25, 0.3) is 0 Å². The molecule has 1 saturated carbocycles. The van der Waals surface area contributed by atoms with E-state index in [1.807, 2.05) is 0 Å². The Kier molecular flexibility index (Phi) is 3.53.